The Morgan fingerprint density at radius 2 is 1.87 bits per heavy atom. The SMILES string of the molecule is CN(C)c1ccc(OC(F)(F)F)cc1I. The lowest BCUT2D eigenvalue weighted by molar-refractivity contribution is -0.274. The highest BCUT2D eigenvalue weighted by molar-refractivity contribution is 14.1. The Bertz CT molecular complexity index is 352. The maximum atomic E-state index is 11.9. The summed E-state index contributed by atoms with van der Waals surface area (Å²) in [5, 5.41) is 0. The van der Waals surface area contributed by atoms with E-state index in [9.17, 15) is 13.2 Å². The Kier molecular flexibility index (Phi) is 3.69. The minimum Gasteiger partial charge on any atom is -0.406 e. The van der Waals surface area contributed by atoms with Crippen LogP contribution >= 0.6 is 22.6 Å². The quantitative estimate of drug-likeness (QED) is 0.772. The molecule has 0 N–H and O–H groups in total. The van der Waals surface area contributed by atoms with Crippen LogP contribution in [0.4, 0.5) is 18.9 Å². The molecule has 84 valence electrons. The number of nitrogens with zero attached hydrogens (tertiary/aromatic N) is 1. The van der Waals surface area contributed by atoms with Crippen molar-refractivity contribution in [2.45, 2.75) is 6.36 Å². The largest absolute Gasteiger partial charge is 0.573 e. The molecule has 0 aromatic heterocycles. The van der Waals surface area contributed by atoms with Crippen LogP contribution in [0.25, 0.3) is 0 Å². The van der Waals surface area contributed by atoms with Gasteiger partial charge < -0.3 is 9.64 Å². The first-order valence-corrected chi connectivity index (χ1v) is 5.10. The number of halogens is 4. The molecule has 0 spiro atoms. The lowest BCUT2D eigenvalue weighted by atomic mass is 10.3. The van der Waals surface area contributed by atoms with Crippen LogP contribution < -0.4 is 9.64 Å². The molecule has 0 amide bonds. The van der Waals surface area contributed by atoms with Crippen LogP contribution in [-0.2, 0) is 0 Å². The van der Waals surface area contributed by atoms with Gasteiger partial charge >= 0.3 is 6.36 Å². The van der Waals surface area contributed by atoms with Crippen molar-refractivity contribution < 1.29 is 17.9 Å². The summed E-state index contributed by atoms with van der Waals surface area (Å²) < 4.78 is 40.2. The summed E-state index contributed by atoms with van der Waals surface area (Å²) in [6.45, 7) is 0. The molecule has 0 saturated carbocycles. The molecule has 0 radical (unpaired) electrons. The summed E-state index contributed by atoms with van der Waals surface area (Å²) in [4.78, 5) is 1.82. The molecule has 0 heterocycles. The highest BCUT2D eigenvalue weighted by Gasteiger charge is 2.31. The monoisotopic (exact) mass is 331 g/mol. The zero-order chi connectivity index (χ0) is 11.6. The molecule has 1 aromatic rings. The summed E-state index contributed by atoms with van der Waals surface area (Å²) in [5.41, 5.74) is 0.852. The van der Waals surface area contributed by atoms with Crippen molar-refractivity contribution in [1.82, 2.24) is 0 Å². The van der Waals surface area contributed by atoms with E-state index >= 15 is 0 Å². The van der Waals surface area contributed by atoms with Gasteiger partial charge in [-0.2, -0.15) is 0 Å². The Balaban J connectivity index is 2.92. The molecule has 15 heavy (non-hydrogen) atoms. The van der Waals surface area contributed by atoms with Gasteiger partial charge in [0.15, 0.2) is 0 Å². The average molecular weight is 331 g/mol. The predicted octanol–water partition coefficient (Wildman–Crippen LogP) is 3.26. The van der Waals surface area contributed by atoms with Gasteiger partial charge in [-0.1, -0.05) is 0 Å². The molecule has 0 fully saturated rings. The fourth-order valence-electron chi connectivity index (χ4n) is 1.05. The summed E-state index contributed by atoms with van der Waals surface area (Å²) in [6, 6.07) is 4.23. The molecular weight excluding hydrogens is 322 g/mol. The van der Waals surface area contributed by atoms with Gasteiger partial charge in [-0.15, -0.1) is 13.2 Å². The molecule has 1 aromatic carbocycles. The van der Waals surface area contributed by atoms with Crippen molar-refractivity contribution in [2.24, 2.45) is 0 Å². The van der Waals surface area contributed by atoms with Crippen molar-refractivity contribution >= 4 is 28.3 Å². The van der Waals surface area contributed by atoms with Crippen LogP contribution in [0, 0.1) is 3.57 Å². The molecule has 6 heteroatoms. The standard InChI is InChI=1S/C9H9F3INO/c1-14(2)8-4-3-6(5-7(8)13)15-9(10,11)12/h3-5H,1-2H3. The molecule has 0 aliphatic rings. The zero-order valence-corrected chi connectivity index (χ0v) is 10.3. The van der Waals surface area contributed by atoms with Gasteiger partial charge in [-0.25, -0.2) is 0 Å². The highest BCUT2D eigenvalue weighted by atomic mass is 127. The van der Waals surface area contributed by atoms with Gasteiger partial charge in [0.1, 0.15) is 5.75 Å². The van der Waals surface area contributed by atoms with Crippen LogP contribution in [0.2, 0.25) is 0 Å². The number of ether oxygens (including phenoxy) is 1. The van der Waals surface area contributed by atoms with Crippen molar-refractivity contribution in [3.8, 4) is 5.75 Å². The lowest BCUT2D eigenvalue weighted by Gasteiger charge is -2.16. The first kappa shape index (κ1) is 12.4. The van der Waals surface area contributed by atoms with Crippen molar-refractivity contribution in [2.75, 3.05) is 19.0 Å². The molecule has 0 aliphatic heterocycles. The number of alkyl halides is 3. The average Bonchev–Trinajstić information content (AvgIpc) is 1.99. The molecule has 0 saturated heterocycles. The van der Waals surface area contributed by atoms with Crippen LogP contribution in [0.15, 0.2) is 18.2 Å². The van der Waals surface area contributed by atoms with E-state index in [-0.39, 0.29) is 5.75 Å². The Labute approximate surface area is 99.2 Å². The van der Waals surface area contributed by atoms with Crippen LogP contribution in [0.1, 0.15) is 0 Å². The summed E-state index contributed by atoms with van der Waals surface area (Å²) in [6.07, 6.45) is -4.64. The second-order valence-electron chi connectivity index (χ2n) is 3.06. The Morgan fingerprint density at radius 3 is 2.27 bits per heavy atom. The number of anilines is 1. The van der Waals surface area contributed by atoms with E-state index in [1.165, 1.54) is 12.1 Å². The third-order valence-corrected chi connectivity index (χ3v) is 2.50. The fraction of sp³-hybridized carbons (Fsp3) is 0.333. The summed E-state index contributed by atoms with van der Waals surface area (Å²) in [5.74, 6) is -0.197. The highest BCUT2D eigenvalue weighted by Crippen LogP contribution is 2.29. The second-order valence-corrected chi connectivity index (χ2v) is 4.22. The number of hydrogen-bond acceptors (Lipinski definition) is 2. The molecular formula is C9H9F3INO. The number of benzene rings is 1. The van der Waals surface area contributed by atoms with Crippen molar-refractivity contribution in [3.05, 3.63) is 21.8 Å². The maximum absolute atomic E-state index is 11.9. The van der Waals surface area contributed by atoms with Gasteiger partial charge in [0.25, 0.3) is 0 Å². The van der Waals surface area contributed by atoms with E-state index in [1.807, 2.05) is 41.6 Å². The predicted molar refractivity (Wildman–Crippen MR) is 60.2 cm³/mol. The molecule has 2 nitrogen and oxygen atoms in total. The van der Waals surface area contributed by atoms with E-state index in [0.29, 0.717) is 3.57 Å². The molecule has 0 unspecified atom stereocenters. The van der Waals surface area contributed by atoms with Crippen LogP contribution in [0.5, 0.6) is 5.75 Å². The van der Waals surface area contributed by atoms with Gasteiger partial charge in [-0.3, -0.25) is 0 Å². The first-order chi connectivity index (χ1) is 6.79. The lowest BCUT2D eigenvalue weighted by Crippen LogP contribution is -2.17. The van der Waals surface area contributed by atoms with Gasteiger partial charge in [-0.05, 0) is 40.8 Å². The normalized spacial score (nSPS) is 11.3. The fourth-order valence-corrected chi connectivity index (χ4v) is 2.02. The van der Waals surface area contributed by atoms with E-state index in [0.717, 1.165) is 5.69 Å². The Morgan fingerprint density at radius 1 is 1.27 bits per heavy atom. The van der Waals surface area contributed by atoms with Crippen LogP contribution in [0.3, 0.4) is 0 Å². The number of rotatable bonds is 2. The summed E-state index contributed by atoms with van der Waals surface area (Å²) >= 11 is 1.96. The molecule has 0 bridgehead atoms. The van der Waals surface area contributed by atoms with E-state index in [2.05, 4.69) is 4.74 Å². The second kappa shape index (κ2) is 4.46. The van der Waals surface area contributed by atoms with Gasteiger partial charge in [0.05, 0.1) is 0 Å². The van der Waals surface area contributed by atoms with E-state index < -0.39 is 6.36 Å². The first-order valence-electron chi connectivity index (χ1n) is 4.02. The van der Waals surface area contributed by atoms with Gasteiger partial charge in [0.2, 0.25) is 0 Å². The maximum Gasteiger partial charge on any atom is 0.573 e. The topological polar surface area (TPSA) is 12.5 Å². The molecule has 0 atom stereocenters. The smallest absolute Gasteiger partial charge is 0.406 e. The van der Waals surface area contributed by atoms with E-state index in [1.54, 1.807) is 6.07 Å². The van der Waals surface area contributed by atoms with Crippen LogP contribution in [-0.4, -0.2) is 20.5 Å². The minimum absolute atomic E-state index is 0.197. The number of hydrogen-bond donors (Lipinski definition) is 0. The van der Waals surface area contributed by atoms with Crippen molar-refractivity contribution in [1.29, 1.82) is 0 Å². The third-order valence-electron chi connectivity index (χ3n) is 1.63. The van der Waals surface area contributed by atoms with Crippen molar-refractivity contribution in [3.63, 3.8) is 0 Å². The van der Waals surface area contributed by atoms with E-state index in [4.69, 9.17) is 0 Å². The molecule has 1 rings (SSSR count). The minimum atomic E-state index is -4.64. The van der Waals surface area contributed by atoms with Gasteiger partial charge in [0, 0.05) is 23.4 Å². The molecule has 0 aliphatic carbocycles. The summed E-state index contributed by atoms with van der Waals surface area (Å²) in [7, 11) is 3.64. The third kappa shape index (κ3) is 3.77. The Hall–Kier alpha value is -0.660. The zero-order valence-electron chi connectivity index (χ0n) is 8.10.